The summed E-state index contributed by atoms with van der Waals surface area (Å²) in [5.41, 5.74) is 2.93. The third-order valence-electron chi connectivity index (χ3n) is 5.43. The number of esters is 1. The van der Waals surface area contributed by atoms with Gasteiger partial charge in [-0.05, 0) is 35.7 Å². The van der Waals surface area contributed by atoms with Gasteiger partial charge in [0.25, 0.3) is 0 Å². The summed E-state index contributed by atoms with van der Waals surface area (Å²) in [6.07, 6.45) is 2.39. The van der Waals surface area contributed by atoms with Gasteiger partial charge in [0.2, 0.25) is 0 Å². The van der Waals surface area contributed by atoms with Crippen molar-refractivity contribution >= 4 is 35.0 Å². The normalized spacial score (nSPS) is 18.5. The Morgan fingerprint density at radius 3 is 2.72 bits per heavy atom. The highest BCUT2D eigenvalue weighted by Gasteiger charge is 2.30. The average Bonchev–Trinajstić information content (AvgIpc) is 3.08. The van der Waals surface area contributed by atoms with E-state index in [0.29, 0.717) is 5.57 Å². The third-order valence-corrected chi connectivity index (χ3v) is 8.03. The standard InChI is InChI=1S/C23H24N2O5S2/c1-29-16-5-3-14(4-6-16)11-25-8-7-19-15(12-25)9-20(32-19)21-17(23(28)30-2)10-24-18(13-31-21)22(26)27/h3-6,9-10,13,21,24H,7-8,11-12H2,1-2H3,(H,26,27). The number of carbonyl (C=O) groups excluding carboxylic acids is 1. The monoisotopic (exact) mass is 472 g/mol. The number of nitrogens with zero attached hydrogens (tertiary/aromatic N) is 1. The second kappa shape index (κ2) is 9.81. The van der Waals surface area contributed by atoms with E-state index in [-0.39, 0.29) is 10.9 Å². The molecule has 0 radical (unpaired) electrons. The number of thiophene rings is 1. The fourth-order valence-corrected chi connectivity index (χ4v) is 6.19. The Balaban J connectivity index is 1.53. The minimum atomic E-state index is -1.07. The van der Waals surface area contributed by atoms with E-state index in [1.807, 2.05) is 12.1 Å². The van der Waals surface area contributed by atoms with Crippen molar-refractivity contribution in [1.82, 2.24) is 10.2 Å². The SMILES string of the molecule is COC(=O)C1=CNC(C(=O)O)=CSC1c1cc2c(s1)CCN(Cc1ccc(OC)cc1)C2. The predicted octanol–water partition coefficient (Wildman–Crippen LogP) is 3.68. The van der Waals surface area contributed by atoms with E-state index in [4.69, 9.17) is 9.47 Å². The van der Waals surface area contributed by atoms with Crippen LogP contribution in [0.15, 0.2) is 53.2 Å². The molecule has 2 aliphatic heterocycles. The van der Waals surface area contributed by atoms with E-state index in [1.165, 1.54) is 41.1 Å². The van der Waals surface area contributed by atoms with Crippen molar-refractivity contribution in [3.05, 3.63) is 74.1 Å². The van der Waals surface area contributed by atoms with E-state index in [2.05, 4.69) is 28.4 Å². The molecule has 3 heterocycles. The molecule has 0 saturated heterocycles. The van der Waals surface area contributed by atoms with Crippen LogP contribution in [0.4, 0.5) is 0 Å². The number of ether oxygens (including phenoxy) is 2. The second-order valence-corrected chi connectivity index (χ2v) is 9.64. The number of rotatable bonds is 6. The molecule has 2 N–H and O–H groups in total. The number of fused-ring (bicyclic) bond motifs is 1. The van der Waals surface area contributed by atoms with Gasteiger partial charge in [-0.15, -0.1) is 23.1 Å². The lowest BCUT2D eigenvalue weighted by atomic mass is 10.1. The van der Waals surface area contributed by atoms with Crippen molar-refractivity contribution in [2.24, 2.45) is 0 Å². The van der Waals surface area contributed by atoms with Crippen LogP contribution in [-0.4, -0.2) is 42.7 Å². The van der Waals surface area contributed by atoms with Gasteiger partial charge in [-0.1, -0.05) is 12.1 Å². The molecule has 2 aliphatic rings. The highest BCUT2D eigenvalue weighted by Crippen LogP contribution is 2.44. The van der Waals surface area contributed by atoms with Crippen molar-refractivity contribution in [3.63, 3.8) is 0 Å². The maximum atomic E-state index is 12.4. The number of hydrogen-bond acceptors (Lipinski definition) is 8. The molecule has 0 bridgehead atoms. The molecule has 0 amide bonds. The van der Waals surface area contributed by atoms with E-state index in [9.17, 15) is 14.7 Å². The van der Waals surface area contributed by atoms with Gasteiger partial charge in [0.1, 0.15) is 11.4 Å². The van der Waals surface area contributed by atoms with Crippen LogP contribution in [0.2, 0.25) is 0 Å². The maximum absolute atomic E-state index is 12.4. The molecule has 4 rings (SSSR count). The number of hydrogen-bond donors (Lipinski definition) is 2. The molecular formula is C23H24N2O5S2. The molecule has 168 valence electrons. The molecule has 1 aromatic heterocycles. The van der Waals surface area contributed by atoms with Crippen LogP contribution in [0.3, 0.4) is 0 Å². The lowest BCUT2D eigenvalue weighted by Crippen LogP contribution is -2.29. The van der Waals surface area contributed by atoms with E-state index < -0.39 is 11.9 Å². The Bertz CT molecular complexity index is 1070. The van der Waals surface area contributed by atoms with Crippen molar-refractivity contribution in [2.75, 3.05) is 20.8 Å². The molecule has 1 unspecified atom stereocenters. The first-order valence-electron chi connectivity index (χ1n) is 10.1. The smallest absolute Gasteiger partial charge is 0.352 e. The minimum Gasteiger partial charge on any atom is -0.497 e. The van der Waals surface area contributed by atoms with Crippen molar-refractivity contribution < 1.29 is 24.2 Å². The van der Waals surface area contributed by atoms with Crippen LogP contribution >= 0.6 is 23.1 Å². The van der Waals surface area contributed by atoms with Crippen molar-refractivity contribution in [3.8, 4) is 5.75 Å². The highest BCUT2D eigenvalue weighted by atomic mass is 32.2. The number of methoxy groups -OCH3 is 2. The number of thioether (sulfide) groups is 1. The summed E-state index contributed by atoms with van der Waals surface area (Å²) in [6.45, 7) is 2.65. The number of aliphatic carboxylic acids is 1. The summed E-state index contributed by atoms with van der Waals surface area (Å²) >= 11 is 2.99. The van der Waals surface area contributed by atoms with Crippen LogP contribution in [0.1, 0.15) is 26.1 Å². The van der Waals surface area contributed by atoms with Crippen LogP contribution in [0.5, 0.6) is 5.75 Å². The number of carboxylic acid groups (broad SMARTS) is 1. The van der Waals surface area contributed by atoms with Crippen LogP contribution in [0.25, 0.3) is 0 Å². The summed E-state index contributed by atoms with van der Waals surface area (Å²) in [6, 6.07) is 10.3. The van der Waals surface area contributed by atoms with Gasteiger partial charge in [-0.25, -0.2) is 9.59 Å². The first kappa shape index (κ1) is 22.4. The number of nitrogens with one attached hydrogen (secondary N) is 1. The van der Waals surface area contributed by atoms with Crippen LogP contribution in [0, 0.1) is 0 Å². The molecular weight excluding hydrogens is 448 g/mol. The number of carbonyl (C=O) groups is 2. The topological polar surface area (TPSA) is 88.1 Å². The van der Waals surface area contributed by atoms with Gasteiger partial charge in [0, 0.05) is 41.0 Å². The zero-order valence-electron chi connectivity index (χ0n) is 17.8. The van der Waals surface area contributed by atoms with Crippen LogP contribution < -0.4 is 10.1 Å². The summed E-state index contributed by atoms with van der Waals surface area (Å²) < 4.78 is 10.2. The zero-order chi connectivity index (χ0) is 22.7. The second-order valence-electron chi connectivity index (χ2n) is 7.49. The van der Waals surface area contributed by atoms with E-state index in [0.717, 1.165) is 36.7 Å². The quantitative estimate of drug-likeness (QED) is 0.616. The average molecular weight is 473 g/mol. The van der Waals surface area contributed by atoms with E-state index in [1.54, 1.807) is 23.9 Å². The molecule has 32 heavy (non-hydrogen) atoms. The summed E-state index contributed by atoms with van der Waals surface area (Å²) in [7, 11) is 2.99. The Kier molecular flexibility index (Phi) is 6.88. The fraction of sp³-hybridized carbons (Fsp3) is 0.304. The van der Waals surface area contributed by atoms with Crippen molar-refractivity contribution in [2.45, 2.75) is 24.8 Å². The van der Waals surface area contributed by atoms with Gasteiger partial charge in [0.15, 0.2) is 0 Å². The summed E-state index contributed by atoms with van der Waals surface area (Å²) in [4.78, 5) is 28.5. The van der Waals surface area contributed by atoms with Gasteiger partial charge in [-0.2, -0.15) is 0 Å². The molecule has 1 atom stereocenters. The van der Waals surface area contributed by atoms with E-state index >= 15 is 0 Å². The lowest BCUT2D eigenvalue weighted by molar-refractivity contribution is -0.136. The molecule has 0 aliphatic carbocycles. The van der Waals surface area contributed by atoms with Gasteiger partial charge in [0.05, 0.1) is 25.0 Å². The number of benzene rings is 1. The summed E-state index contributed by atoms with van der Waals surface area (Å²) in [5, 5.41) is 13.3. The summed E-state index contributed by atoms with van der Waals surface area (Å²) in [5.74, 6) is -0.692. The van der Waals surface area contributed by atoms with Gasteiger partial charge >= 0.3 is 11.9 Å². The van der Waals surface area contributed by atoms with Crippen LogP contribution in [-0.2, 0) is 33.8 Å². The molecule has 1 aromatic carbocycles. The lowest BCUT2D eigenvalue weighted by Gasteiger charge is -2.26. The zero-order valence-corrected chi connectivity index (χ0v) is 19.4. The fourth-order valence-electron chi connectivity index (χ4n) is 3.76. The van der Waals surface area contributed by atoms with Gasteiger partial charge < -0.3 is 19.9 Å². The molecule has 7 nitrogen and oxygen atoms in total. The number of carboxylic acids is 1. The first-order chi connectivity index (χ1) is 15.5. The largest absolute Gasteiger partial charge is 0.497 e. The highest BCUT2D eigenvalue weighted by molar-refractivity contribution is 8.02. The molecule has 2 aromatic rings. The molecule has 0 spiro atoms. The minimum absolute atomic E-state index is 0.0332. The van der Waals surface area contributed by atoms with Crippen molar-refractivity contribution in [1.29, 1.82) is 0 Å². The Labute approximate surface area is 194 Å². The predicted molar refractivity (Wildman–Crippen MR) is 124 cm³/mol. The maximum Gasteiger partial charge on any atom is 0.352 e. The first-order valence-corrected chi connectivity index (χ1v) is 11.8. The Morgan fingerprint density at radius 1 is 1.25 bits per heavy atom. The Morgan fingerprint density at radius 2 is 2.03 bits per heavy atom. The molecule has 0 fully saturated rings. The molecule has 0 saturated carbocycles. The third kappa shape index (κ3) is 4.85. The van der Waals surface area contributed by atoms with Gasteiger partial charge in [-0.3, -0.25) is 4.90 Å². The Hall–Kier alpha value is -2.75. The molecule has 9 heteroatoms.